The molecule has 0 radical (unpaired) electrons. The van der Waals surface area contributed by atoms with Gasteiger partial charge in [-0.15, -0.1) is 0 Å². The number of rotatable bonds is 4. The average Bonchev–Trinajstić information content (AvgIpc) is 3.36. The van der Waals surface area contributed by atoms with Gasteiger partial charge in [0.25, 0.3) is 5.91 Å². The molecule has 0 aromatic carbocycles. The number of carbonyl (C=O) groups excluding carboxylic acids is 3. The third kappa shape index (κ3) is 8.18. The average molecular weight is 564 g/mol. The van der Waals surface area contributed by atoms with Crippen LogP contribution in [-0.4, -0.2) is 95.1 Å². The number of nitrogens with zero attached hydrogens (tertiary/aromatic N) is 5. The van der Waals surface area contributed by atoms with E-state index in [4.69, 9.17) is 18.9 Å². The number of fused-ring (bicyclic) bond motifs is 1. The second kappa shape index (κ2) is 13.0. The Morgan fingerprint density at radius 3 is 2.30 bits per heavy atom. The van der Waals surface area contributed by atoms with Crippen LogP contribution in [0.1, 0.15) is 84.3 Å². The fourth-order valence-corrected chi connectivity index (χ4v) is 4.53. The predicted molar refractivity (Wildman–Crippen MR) is 149 cm³/mol. The van der Waals surface area contributed by atoms with E-state index in [1.807, 2.05) is 39.5 Å². The van der Waals surface area contributed by atoms with Crippen molar-refractivity contribution in [1.29, 1.82) is 0 Å². The molecule has 4 rings (SSSR count). The number of anilines is 1. The minimum absolute atomic E-state index is 0.0187. The highest BCUT2D eigenvalue weighted by Gasteiger charge is 2.40. The fourth-order valence-electron chi connectivity index (χ4n) is 4.53. The summed E-state index contributed by atoms with van der Waals surface area (Å²) >= 11 is 0. The van der Waals surface area contributed by atoms with E-state index in [-0.39, 0.29) is 24.6 Å². The second-order valence-electron chi connectivity index (χ2n) is 11.9. The molecule has 1 aromatic rings. The Morgan fingerprint density at radius 1 is 0.950 bits per heavy atom. The van der Waals surface area contributed by atoms with Gasteiger partial charge in [-0.1, -0.05) is 13.8 Å². The summed E-state index contributed by atoms with van der Waals surface area (Å²) in [6.07, 6.45) is 0.494. The molecular weight excluding hydrogens is 518 g/mol. The molecule has 224 valence electrons. The second-order valence-corrected chi connectivity index (χ2v) is 11.9. The Bertz CT molecular complexity index is 1060. The van der Waals surface area contributed by atoms with Crippen molar-refractivity contribution in [2.75, 3.05) is 50.9 Å². The number of hydrogen-bond acceptors (Lipinski definition) is 10. The maximum atomic E-state index is 13.3. The van der Waals surface area contributed by atoms with Crippen LogP contribution >= 0.6 is 0 Å². The quantitative estimate of drug-likeness (QED) is 0.525. The van der Waals surface area contributed by atoms with Crippen molar-refractivity contribution in [2.45, 2.75) is 86.0 Å². The summed E-state index contributed by atoms with van der Waals surface area (Å²) in [5, 5.41) is 0. The first-order valence-corrected chi connectivity index (χ1v) is 14.2. The molecule has 3 aliphatic heterocycles. The molecule has 4 heterocycles. The van der Waals surface area contributed by atoms with Crippen LogP contribution in [-0.2, 0) is 20.8 Å². The van der Waals surface area contributed by atoms with Crippen molar-refractivity contribution >= 4 is 23.9 Å². The van der Waals surface area contributed by atoms with Crippen LogP contribution in [0.15, 0.2) is 0 Å². The first kappa shape index (κ1) is 31.4. The summed E-state index contributed by atoms with van der Waals surface area (Å²) in [7, 11) is 0. The highest BCUT2D eigenvalue weighted by atomic mass is 16.6. The molecule has 12 nitrogen and oxygen atoms in total. The highest BCUT2D eigenvalue weighted by molar-refractivity contribution is 6.09. The van der Waals surface area contributed by atoms with E-state index in [0.29, 0.717) is 63.1 Å². The highest BCUT2D eigenvalue weighted by Crippen LogP contribution is 2.33. The minimum Gasteiger partial charge on any atom is -0.463 e. The summed E-state index contributed by atoms with van der Waals surface area (Å²) < 4.78 is 22.5. The van der Waals surface area contributed by atoms with Gasteiger partial charge in [0.2, 0.25) is 0 Å². The Hall–Kier alpha value is -3.15. The van der Waals surface area contributed by atoms with E-state index in [0.717, 1.165) is 17.7 Å². The summed E-state index contributed by atoms with van der Waals surface area (Å²) in [6.45, 7) is 18.5. The van der Waals surface area contributed by atoms with E-state index < -0.39 is 23.2 Å². The van der Waals surface area contributed by atoms with Crippen molar-refractivity contribution in [2.24, 2.45) is 5.92 Å². The lowest BCUT2D eigenvalue weighted by atomic mass is 10.1. The monoisotopic (exact) mass is 563 g/mol. The lowest BCUT2D eigenvalue weighted by molar-refractivity contribution is 0.0242. The molecule has 1 atom stereocenters. The molecule has 3 amide bonds. The molecule has 1 aromatic heterocycles. The van der Waals surface area contributed by atoms with Gasteiger partial charge in [0.05, 0.1) is 25.5 Å². The van der Waals surface area contributed by atoms with Gasteiger partial charge in [0.15, 0.2) is 0 Å². The van der Waals surface area contributed by atoms with Crippen LogP contribution < -0.4 is 9.64 Å². The molecule has 0 spiro atoms. The summed E-state index contributed by atoms with van der Waals surface area (Å²) in [5.41, 5.74) is -0.579. The van der Waals surface area contributed by atoms with Crippen molar-refractivity contribution in [1.82, 2.24) is 19.8 Å². The number of hydrogen-bond donors (Lipinski definition) is 0. The number of carbonyl (C=O) groups is 3. The number of likely N-dealkylation sites (tertiary alicyclic amines) is 1. The van der Waals surface area contributed by atoms with Crippen LogP contribution in [0.25, 0.3) is 0 Å². The molecule has 3 aliphatic rings. The summed E-state index contributed by atoms with van der Waals surface area (Å²) in [6, 6.07) is 0.137. The van der Waals surface area contributed by atoms with E-state index in [1.165, 1.54) is 0 Å². The largest absolute Gasteiger partial charge is 0.463 e. The zero-order valence-corrected chi connectivity index (χ0v) is 25.2. The number of ether oxygens (including phenoxy) is 4. The predicted octanol–water partition coefficient (Wildman–Crippen LogP) is 4.26. The van der Waals surface area contributed by atoms with Crippen LogP contribution in [0.3, 0.4) is 0 Å². The van der Waals surface area contributed by atoms with Gasteiger partial charge in [-0.05, 0) is 54.4 Å². The molecule has 0 bridgehead atoms. The number of aromatic nitrogens is 2. The van der Waals surface area contributed by atoms with Crippen LogP contribution in [0.4, 0.5) is 15.4 Å². The van der Waals surface area contributed by atoms with Gasteiger partial charge >= 0.3 is 18.2 Å². The first-order valence-electron chi connectivity index (χ1n) is 14.2. The Labute approximate surface area is 237 Å². The van der Waals surface area contributed by atoms with Crippen molar-refractivity contribution < 1.29 is 33.3 Å². The third-order valence-electron chi connectivity index (χ3n) is 6.23. The van der Waals surface area contributed by atoms with E-state index >= 15 is 0 Å². The Morgan fingerprint density at radius 2 is 1.62 bits per heavy atom. The SMILES string of the molecule is CC.CC(C)(C)OC(=O)N1CCC(COc2nc3c(c(N4CCCOCC4)n2)C(=O)N(C(=O)OC(C)(C)C)C3)C1. The zero-order chi connectivity index (χ0) is 29.7. The molecule has 2 saturated heterocycles. The molecule has 40 heavy (non-hydrogen) atoms. The van der Waals surface area contributed by atoms with Crippen LogP contribution in [0.5, 0.6) is 6.01 Å². The van der Waals surface area contributed by atoms with E-state index in [1.54, 1.807) is 25.7 Å². The normalized spacial score (nSPS) is 19.4. The lowest BCUT2D eigenvalue weighted by Crippen LogP contribution is -2.37. The third-order valence-corrected chi connectivity index (χ3v) is 6.23. The maximum Gasteiger partial charge on any atom is 0.417 e. The Balaban J connectivity index is 0.00000216. The van der Waals surface area contributed by atoms with Gasteiger partial charge in [-0.25, -0.2) is 14.5 Å². The fraction of sp³-hybridized carbons (Fsp3) is 0.750. The maximum absolute atomic E-state index is 13.3. The van der Waals surface area contributed by atoms with Gasteiger partial charge in [0, 0.05) is 38.7 Å². The van der Waals surface area contributed by atoms with Gasteiger partial charge < -0.3 is 28.7 Å². The number of amides is 3. The molecule has 0 saturated carbocycles. The topological polar surface area (TPSA) is 124 Å². The van der Waals surface area contributed by atoms with Gasteiger partial charge in [0.1, 0.15) is 22.6 Å². The minimum atomic E-state index is -0.745. The molecule has 12 heteroatoms. The number of imide groups is 1. The van der Waals surface area contributed by atoms with Crippen molar-refractivity contribution in [3.05, 3.63) is 11.3 Å². The molecular formula is C28H45N5O7. The lowest BCUT2D eigenvalue weighted by Gasteiger charge is -2.24. The van der Waals surface area contributed by atoms with Gasteiger partial charge in [-0.3, -0.25) is 4.79 Å². The summed E-state index contributed by atoms with van der Waals surface area (Å²) in [4.78, 5) is 52.4. The summed E-state index contributed by atoms with van der Waals surface area (Å²) in [5.74, 6) is 0.0485. The van der Waals surface area contributed by atoms with Crippen LogP contribution in [0, 0.1) is 5.92 Å². The first-order chi connectivity index (χ1) is 18.8. The Kier molecular flexibility index (Phi) is 10.2. The standard InChI is InChI=1S/C26H39N5O7.C2H6/c1-25(2,3)37-23(33)30-10-8-17(14-30)16-36-22-27-18-15-31(24(34)38-26(4,5)6)21(32)19(18)20(28-22)29-9-7-12-35-13-11-29;1-2/h17H,7-16H2,1-6H3;1-2H3. The molecule has 0 aliphatic carbocycles. The molecule has 1 unspecified atom stereocenters. The smallest absolute Gasteiger partial charge is 0.417 e. The molecule has 2 fully saturated rings. The van der Waals surface area contributed by atoms with Crippen LogP contribution in [0.2, 0.25) is 0 Å². The van der Waals surface area contributed by atoms with E-state index in [9.17, 15) is 14.4 Å². The van der Waals surface area contributed by atoms with Gasteiger partial charge in [-0.2, -0.15) is 9.97 Å². The zero-order valence-electron chi connectivity index (χ0n) is 25.2. The van der Waals surface area contributed by atoms with Crippen molar-refractivity contribution in [3.63, 3.8) is 0 Å². The van der Waals surface area contributed by atoms with E-state index in [2.05, 4.69) is 9.97 Å². The molecule has 0 N–H and O–H groups in total. The van der Waals surface area contributed by atoms with Crippen molar-refractivity contribution in [3.8, 4) is 6.01 Å².